The first-order valence-corrected chi connectivity index (χ1v) is 8.24. The summed E-state index contributed by atoms with van der Waals surface area (Å²) in [6.45, 7) is 2.45. The summed E-state index contributed by atoms with van der Waals surface area (Å²) in [6.07, 6.45) is 3.31. The third-order valence-corrected chi connectivity index (χ3v) is 4.19. The summed E-state index contributed by atoms with van der Waals surface area (Å²) >= 11 is 0. The summed E-state index contributed by atoms with van der Waals surface area (Å²) in [5.74, 6) is 0.192. The Kier molecular flexibility index (Phi) is 11.6. The number of aliphatic hydroxyl groups excluding tert-OH is 4. The molecule has 8 heteroatoms. The Morgan fingerprint density at radius 1 is 1.09 bits per heavy atom. The van der Waals surface area contributed by atoms with Crippen LogP contribution in [0.2, 0.25) is 0 Å². The molecular weight excluding hydrogens is 322 g/mol. The first kappa shape index (κ1) is 22.4. The van der Waals surface area contributed by atoms with Gasteiger partial charge >= 0.3 is 0 Å². The van der Waals surface area contributed by atoms with Crippen LogP contribution in [0.3, 0.4) is 0 Å². The molecule has 0 bridgehead atoms. The number of aliphatic imine (C=N–C) groups is 1. The van der Waals surface area contributed by atoms with Crippen molar-refractivity contribution in [3.63, 3.8) is 0 Å². The highest BCUT2D eigenvalue weighted by Crippen LogP contribution is 2.18. The van der Waals surface area contributed by atoms with E-state index in [9.17, 15) is 20.4 Å². The predicted molar refractivity (Wildman–Crippen MR) is 92.7 cm³/mol. The smallest absolute Gasteiger partial charge is 0.191 e. The van der Waals surface area contributed by atoms with Gasteiger partial charge in [-0.2, -0.15) is 0 Å². The van der Waals surface area contributed by atoms with E-state index in [2.05, 4.69) is 11.9 Å². The molecule has 1 saturated heterocycles. The van der Waals surface area contributed by atoms with Crippen LogP contribution in [0.25, 0.3) is 0 Å². The Labute approximate surface area is 144 Å². The Morgan fingerprint density at radius 3 is 2.30 bits per heavy atom. The maximum atomic E-state index is 9.90. The van der Waals surface area contributed by atoms with Gasteiger partial charge in [0.25, 0.3) is 0 Å². The van der Waals surface area contributed by atoms with Gasteiger partial charge in [0.1, 0.15) is 18.3 Å². The summed E-state index contributed by atoms with van der Waals surface area (Å²) in [4.78, 5) is 5.73. The molecule has 138 valence electrons. The highest BCUT2D eigenvalue weighted by molar-refractivity contribution is 5.85. The van der Waals surface area contributed by atoms with Crippen molar-refractivity contribution < 1.29 is 20.4 Å². The largest absolute Gasteiger partial charge is 0.394 e. The van der Waals surface area contributed by atoms with Gasteiger partial charge in [-0.25, -0.2) is 0 Å². The summed E-state index contributed by atoms with van der Waals surface area (Å²) in [7, 11) is 0. The number of piperidine rings is 1. The molecule has 1 fully saturated rings. The van der Waals surface area contributed by atoms with E-state index in [1.165, 1.54) is 30.6 Å². The van der Waals surface area contributed by atoms with Gasteiger partial charge in [-0.3, -0.25) is 4.99 Å². The lowest BCUT2D eigenvalue weighted by molar-refractivity contribution is -0.128. The number of aliphatic hydroxyl groups is 4. The molecule has 0 unspecified atom stereocenters. The zero-order chi connectivity index (χ0) is 16.5. The quantitative estimate of drug-likeness (QED) is 0.235. The molecule has 0 aromatic heterocycles. The van der Waals surface area contributed by atoms with E-state index in [0.717, 1.165) is 12.8 Å². The van der Waals surface area contributed by atoms with Gasteiger partial charge < -0.3 is 31.1 Å². The molecule has 0 spiro atoms. The molecule has 1 heterocycles. The molecule has 1 aliphatic heterocycles. The van der Waals surface area contributed by atoms with Crippen LogP contribution in [0.5, 0.6) is 0 Å². The molecule has 23 heavy (non-hydrogen) atoms. The standard InChI is InChI=1S/C15H31N3O4.ClH/c1-2-3-4-5-6-7-8-17-15(16)18-9-12(20)14(22)13(21)11(18)10-19;/h11-14,19-22H,2-10H2,1H3,(H2,16,17);1H/t11-,12+,13-,14-;/m1./s1. The number of hydrogen-bond acceptors (Lipinski definition) is 5. The number of hydrogen-bond donors (Lipinski definition) is 5. The van der Waals surface area contributed by atoms with Gasteiger partial charge in [-0.15, -0.1) is 12.4 Å². The molecular formula is C15H32ClN3O4. The zero-order valence-corrected chi connectivity index (χ0v) is 14.7. The Bertz CT molecular complexity index is 347. The average Bonchev–Trinajstić information content (AvgIpc) is 2.51. The average molecular weight is 354 g/mol. The molecule has 1 rings (SSSR count). The van der Waals surface area contributed by atoms with E-state index >= 15 is 0 Å². The maximum absolute atomic E-state index is 9.90. The van der Waals surface area contributed by atoms with Crippen molar-refractivity contribution in [2.24, 2.45) is 10.7 Å². The summed E-state index contributed by atoms with van der Waals surface area (Å²) in [5, 5.41) is 38.6. The number of nitrogens with zero attached hydrogens (tertiary/aromatic N) is 2. The van der Waals surface area contributed by atoms with Crippen LogP contribution in [-0.4, -0.2) is 75.3 Å². The van der Waals surface area contributed by atoms with Crippen LogP contribution < -0.4 is 5.73 Å². The lowest BCUT2D eigenvalue weighted by atomic mass is 9.94. The van der Waals surface area contributed by atoms with Crippen molar-refractivity contribution in [3.8, 4) is 0 Å². The topological polar surface area (TPSA) is 123 Å². The van der Waals surface area contributed by atoms with Gasteiger partial charge in [0.15, 0.2) is 5.96 Å². The van der Waals surface area contributed by atoms with E-state index in [1.54, 1.807) is 0 Å². The van der Waals surface area contributed by atoms with E-state index in [-0.39, 0.29) is 31.5 Å². The second-order valence-corrected chi connectivity index (χ2v) is 5.96. The fraction of sp³-hybridized carbons (Fsp3) is 0.933. The third-order valence-electron chi connectivity index (χ3n) is 4.19. The van der Waals surface area contributed by atoms with Gasteiger partial charge in [0.05, 0.1) is 12.6 Å². The third kappa shape index (κ3) is 6.81. The van der Waals surface area contributed by atoms with Crippen molar-refractivity contribution >= 4 is 18.4 Å². The van der Waals surface area contributed by atoms with E-state index in [0.29, 0.717) is 6.54 Å². The fourth-order valence-electron chi connectivity index (χ4n) is 2.73. The second kappa shape index (κ2) is 11.9. The van der Waals surface area contributed by atoms with Crippen molar-refractivity contribution in [2.75, 3.05) is 19.7 Å². The summed E-state index contributed by atoms with van der Waals surface area (Å²) in [5.41, 5.74) is 5.91. The molecule has 0 aromatic rings. The molecule has 0 saturated carbocycles. The first-order valence-electron chi connectivity index (χ1n) is 8.24. The van der Waals surface area contributed by atoms with Crippen molar-refractivity contribution in [2.45, 2.75) is 69.8 Å². The molecule has 4 atom stereocenters. The molecule has 0 aromatic carbocycles. The number of nitrogens with two attached hydrogens (primary N) is 1. The van der Waals surface area contributed by atoms with E-state index < -0.39 is 24.4 Å². The molecule has 0 amide bonds. The van der Waals surface area contributed by atoms with Crippen LogP contribution in [-0.2, 0) is 0 Å². The van der Waals surface area contributed by atoms with Crippen LogP contribution in [0.4, 0.5) is 0 Å². The minimum atomic E-state index is -1.28. The van der Waals surface area contributed by atoms with Crippen LogP contribution in [0, 0.1) is 0 Å². The molecule has 7 nitrogen and oxygen atoms in total. The highest BCUT2D eigenvalue weighted by atomic mass is 35.5. The van der Waals surface area contributed by atoms with Gasteiger partial charge in [0.2, 0.25) is 0 Å². The molecule has 1 aliphatic rings. The van der Waals surface area contributed by atoms with E-state index in [4.69, 9.17) is 5.73 Å². The first-order chi connectivity index (χ1) is 10.5. The maximum Gasteiger partial charge on any atom is 0.191 e. The number of likely N-dealkylation sites (tertiary alicyclic amines) is 1. The minimum Gasteiger partial charge on any atom is -0.394 e. The lowest BCUT2D eigenvalue weighted by Crippen LogP contribution is -2.65. The summed E-state index contributed by atoms with van der Waals surface area (Å²) in [6, 6.07) is -0.744. The Balaban J connectivity index is 0.00000484. The van der Waals surface area contributed by atoms with Gasteiger partial charge in [0, 0.05) is 13.1 Å². The Hall–Kier alpha value is -0.600. The highest BCUT2D eigenvalue weighted by Gasteiger charge is 2.41. The number of guanidine groups is 1. The number of rotatable bonds is 8. The predicted octanol–water partition coefficient (Wildman–Crippen LogP) is -0.157. The fourth-order valence-corrected chi connectivity index (χ4v) is 2.73. The number of halogens is 1. The molecule has 0 aliphatic carbocycles. The van der Waals surface area contributed by atoms with Crippen molar-refractivity contribution in [1.82, 2.24) is 4.90 Å². The Morgan fingerprint density at radius 2 is 1.70 bits per heavy atom. The van der Waals surface area contributed by atoms with Crippen LogP contribution >= 0.6 is 12.4 Å². The van der Waals surface area contributed by atoms with Crippen LogP contribution in [0.1, 0.15) is 45.4 Å². The van der Waals surface area contributed by atoms with Crippen molar-refractivity contribution in [1.29, 1.82) is 0 Å². The van der Waals surface area contributed by atoms with E-state index in [1.807, 2.05) is 0 Å². The lowest BCUT2D eigenvalue weighted by Gasteiger charge is -2.43. The monoisotopic (exact) mass is 353 g/mol. The zero-order valence-electron chi connectivity index (χ0n) is 13.8. The SMILES string of the molecule is CCCCCCCCN=C(N)N1C[C@H](O)[C@@H](O)[C@H](O)[C@H]1CO.Cl. The summed E-state index contributed by atoms with van der Waals surface area (Å²) < 4.78 is 0. The normalized spacial score (nSPS) is 28.6. The van der Waals surface area contributed by atoms with Gasteiger partial charge in [-0.05, 0) is 6.42 Å². The molecule has 6 N–H and O–H groups in total. The number of unbranched alkanes of at least 4 members (excludes halogenated alkanes) is 5. The molecule has 0 radical (unpaired) electrons. The van der Waals surface area contributed by atoms with Crippen LogP contribution in [0.15, 0.2) is 4.99 Å². The van der Waals surface area contributed by atoms with Gasteiger partial charge in [-0.1, -0.05) is 39.0 Å². The minimum absolute atomic E-state index is 0. The second-order valence-electron chi connectivity index (χ2n) is 5.96. The number of β-amino-alcohol motifs (C(OH)–C–C–N with tert-alkyl or cyclic N) is 1. The van der Waals surface area contributed by atoms with Crippen molar-refractivity contribution in [3.05, 3.63) is 0 Å².